The molecule has 1 aliphatic rings. The molecule has 7 nitrogen and oxygen atoms in total. The van der Waals surface area contributed by atoms with Crippen molar-refractivity contribution in [2.24, 2.45) is 5.73 Å². The number of rotatable bonds is 5. The summed E-state index contributed by atoms with van der Waals surface area (Å²) in [5.74, 6) is 0.160. The summed E-state index contributed by atoms with van der Waals surface area (Å²) in [5.41, 5.74) is 5.63. The number of anilines is 1. The van der Waals surface area contributed by atoms with E-state index in [0.717, 1.165) is 9.88 Å². The lowest BCUT2D eigenvalue weighted by atomic mass is 9.90. The van der Waals surface area contributed by atoms with Crippen LogP contribution in [0, 0.1) is 5.82 Å². The van der Waals surface area contributed by atoms with Gasteiger partial charge in [-0.25, -0.2) is 19.0 Å². The largest absolute Gasteiger partial charge is 0.447 e. The first-order valence-electron chi connectivity index (χ1n) is 11.2. The van der Waals surface area contributed by atoms with E-state index in [1.165, 1.54) is 43.1 Å². The average Bonchev–Trinajstić information content (AvgIpc) is 3.22. The molecule has 1 heterocycles. The van der Waals surface area contributed by atoms with Crippen molar-refractivity contribution in [1.29, 1.82) is 0 Å². The lowest BCUT2D eigenvalue weighted by Crippen LogP contribution is -2.29. The van der Waals surface area contributed by atoms with Gasteiger partial charge in [0.05, 0.1) is 22.1 Å². The second-order valence-corrected chi connectivity index (χ2v) is 9.60. The molecule has 1 aliphatic carbocycles. The molecule has 0 atom stereocenters. The molecule has 1 aromatic heterocycles. The molecule has 1 saturated carbocycles. The molecule has 3 rings (SSSR count). The summed E-state index contributed by atoms with van der Waals surface area (Å²) in [4.78, 5) is 28.5. The summed E-state index contributed by atoms with van der Waals surface area (Å²) in [6, 6.07) is 4.82. The number of nitrogens with zero attached hydrogens (tertiary/aromatic N) is 2. The Morgan fingerprint density at radius 2 is 1.76 bits per heavy atom. The molecule has 1 fully saturated rings. The predicted octanol–water partition coefficient (Wildman–Crippen LogP) is 6.47. The predicted molar refractivity (Wildman–Crippen MR) is 129 cm³/mol. The Morgan fingerprint density at radius 3 is 2.27 bits per heavy atom. The van der Waals surface area contributed by atoms with Gasteiger partial charge in [-0.1, -0.05) is 19.3 Å². The second kappa shape index (κ2) is 12.5. The highest BCUT2D eigenvalue weighted by atomic mass is 32.1. The van der Waals surface area contributed by atoms with Gasteiger partial charge in [0, 0.05) is 30.4 Å². The van der Waals surface area contributed by atoms with E-state index < -0.39 is 12.2 Å². The summed E-state index contributed by atoms with van der Waals surface area (Å²) in [6.07, 6.45) is 6.40. The van der Waals surface area contributed by atoms with Crippen molar-refractivity contribution in [3.63, 3.8) is 0 Å². The van der Waals surface area contributed by atoms with E-state index in [9.17, 15) is 14.0 Å². The second-order valence-electron chi connectivity index (χ2n) is 8.54. The van der Waals surface area contributed by atoms with Crippen LogP contribution in [-0.4, -0.2) is 36.4 Å². The van der Waals surface area contributed by atoms with Crippen LogP contribution in [0.4, 0.5) is 19.7 Å². The Balaban J connectivity index is 0.000000479. The summed E-state index contributed by atoms with van der Waals surface area (Å²) in [6.45, 7) is 7.04. The number of aromatic nitrogens is 1. The molecule has 182 valence electrons. The molecule has 0 radical (unpaired) electrons. The number of primary amides is 1. The Kier molecular flexibility index (Phi) is 10.1. The molecule has 0 saturated heterocycles. The molecule has 2 amide bonds. The first-order chi connectivity index (χ1) is 15.6. The van der Waals surface area contributed by atoms with Gasteiger partial charge in [0.25, 0.3) is 0 Å². The van der Waals surface area contributed by atoms with E-state index in [0.29, 0.717) is 17.2 Å². The van der Waals surface area contributed by atoms with Crippen molar-refractivity contribution in [2.45, 2.75) is 77.9 Å². The van der Waals surface area contributed by atoms with Gasteiger partial charge in [-0.15, -0.1) is 11.3 Å². The van der Waals surface area contributed by atoms with Crippen LogP contribution in [0.15, 0.2) is 24.4 Å². The van der Waals surface area contributed by atoms with Crippen molar-refractivity contribution in [2.75, 3.05) is 11.9 Å². The number of nitrogens with two attached hydrogens (primary N) is 1. The number of amides is 2. The maximum atomic E-state index is 14.7. The lowest BCUT2D eigenvalue weighted by molar-refractivity contribution is 0.123. The smallest absolute Gasteiger partial charge is 0.414 e. The Bertz CT molecular complexity index is 926. The summed E-state index contributed by atoms with van der Waals surface area (Å²) < 4.78 is 24.2. The van der Waals surface area contributed by atoms with E-state index in [1.54, 1.807) is 64.4 Å². The molecule has 0 bridgehead atoms. The SMILES string of the molecule is CC(C)OC(=O)N(C)c1ccc(-c2cnc(C3CCCCC3)s2)c(F)c1.CC(C)OC(N)=O. The number of thiazole rings is 1. The Hall–Kier alpha value is -2.68. The van der Waals surface area contributed by atoms with Crippen molar-refractivity contribution >= 4 is 29.2 Å². The summed E-state index contributed by atoms with van der Waals surface area (Å²) >= 11 is 1.58. The van der Waals surface area contributed by atoms with Crippen LogP contribution in [0.3, 0.4) is 0 Å². The third-order valence-electron chi connectivity index (χ3n) is 5.05. The summed E-state index contributed by atoms with van der Waals surface area (Å²) in [7, 11) is 1.58. The Morgan fingerprint density at radius 1 is 1.12 bits per heavy atom. The van der Waals surface area contributed by atoms with Gasteiger partial charge in [-0.05, 0) is 58.7 Å². The fourth-order valence-corrected chi connectivity index (χ4v) is 4.60. The molecule has 33 heavy (non-hydrogen) atoms. The minimum atomic E-state index is -0.713. The number of ether oxygens (including phenoxy) is 2. The van der Waals surface area contributed by atoms with Crippen LogP contribution in [-0.2, 0) is 9.47 Å². The highest BCUT2D eigenvalue weighted by molar-refractivity contribution is 7.15. The lowest BCUT2D eigenvalue weighted by Gasteiger charge is -2.19. The van der Waals surface area contributed by atoms with E-state index in [4.69, 9.17) is 4.74 Å². The third-order valence-corrected chi connectivity index (χ3v) is 6.24. The van der Waals surface area contributed by atoms with Gasteiger partial charge in [-0.3, -0.25) is 4.90 Å². The number of carbonyl (C=O) groups excluding carboxylic acids is 2. The monoisotopic (exact) mass is 479 g/mol. The van der Waals surface area contributed by atoms with E-state index in [1.807, 2.05) is 0 Å². The number of hydrogen-bond acceptors (Lipinski definition) is 6. The zero-order valence-corrected chi connectivity index (χ0v) is 20.8. The van der Waals surface area contributed by atoms with Crippen molar-refractivity contribution in [3.05, 3.63) is 35.2 Å². The minimum Gasteiger partial charge on any atom is -0.447 e. The van der Waals surface area contributed by atoms with Crippen LogP contribution >= 0.6 is 11.3 Å². The molecule has 0 spiro atoms. The molecular weight excluding hydrogens is 445 g/mol. The number of halogens is 1. The zero-order valence-electron chi connectivity index (χ0n) is 20.0. The highest BCUT2D eigenvalue weighted by Crippen LogP contribution is 2.38. The number of benzene rings is 1. The van der Waals surface area contributed by atoms with Gasteiger partial charge in [0.2, 0.25) is 0 Å². The third kappa shape index (κ3) is 8.31. The average molecular weight is 480 g/mol. The van der Waals surface area contributed by atoms with Gasteiger partial charge in [-0.2, -0.15) is 0 Å². The van der Waals surface area contributed by atoms with Crippen LogP contribution in [0.2, 0.25) is 0 Å². The van der Waals surface area contributed by atoms with E-state index in [-0.39, 0.29) is 18.0 Å². The summed E-state index contributed by atoms with van der Waals surface area (Å²) in [5, 5.41) is 1.11. The van der Waals surface area contributed by atoms with Crippen molar-refractivity contribution in [1.82, 2.24) is 4.98 Å². The first kappa shape index (κ1) is 26.6. The fourth-order valence-electron chi connectivity index (χ4n) is 3.48. The molecule has 1 aromatic carbocycles. The van der Waals surface area contributed by atoms with Crippen molar-refractivity contribution in [3.8, 4) is 10.4 Å². The topological polar surface area (TPSA) is 94.8 Å². The van der Waals surface area contributed by atoms with Gasteiger partial charge < -0.3 is 15.2 Å². The molecule has 2 aromatic rings. The van der Waals surface area contributed by atoms with Crippen LogP contribution in [0.25, 0.3) is 10.4 Å². The maximum Gasteiger partial charge on any atom is 0.414 e. The number of carbonyl (C=O) groups is 2. The van der Waals surface area contributed by atoms with E-state index in [2.05, 4.69) is 15.5 Å². The molecule has 2 N–H and O–H groups in total. The quantitative estimate of drug-likeness (QED) is 0.530. The first-order valence-corrected chi connectivity index (χ1v) is 12.1. The van der Waals surface area contributed by atoms with Gasteiger partial charge >= 0.3 is 12.2 Å². The van der Waals surface area contributed by atoms with E-state index >= 15 is 0 Å². The zero-order chi connectivity index (χ0) is 24.5. The van der Waals surface area contributed by atoms with Gasteiger partial charge in [0.1, 0.15) is 5.82 Å². The highest BCUT2D eigenvalue weighted by Gasteiger charge is 2.21. The maximum absolute atomic E-state index is 14.7. The van der Waals surface area contributed by atoms with Crippen molar-refractivity contribution < 1.29 is 23.5 Å². The molecular formula is C24H34FN3O4S. The van der Waals surface area contributed by atoms with Crippen LogP contribution in [0.5, 0.6) is 0 Å². The number of hydrogen-bond donors (Lipinski definition) is 1. The van der Waals surface area contributed by atoms with Crippen LogP contribution < -0.4 is 10.6 Å². The Labute approximate surface area is 199 Å². The molecule has 9 heteroatoms. The normalized spacial score (nSPS) is 13.9. The van der Waals surface area contributed by atoms with Crippen LogP contribution in [0.1, 0.15) is 70.7 Å². The molecule has 0 aliphatic heterocycles. The minimum absolute atomic E-state index is 0.0995. The van der Waals surface area contributed by atoms with Gasteiger partial charge in [0.15, 0.2) is 0 Å². The molecule has 0 unspecified atom stereocenters. The fraction of sp³-hybridized carbons (Fsp3) is 0.542. The standard InChI is InChI=1S/C20H25FN2O2S.C4H9NO2/c1-13(2)25-20(24)23(3)15-9-10-16(17(21)11-15)18-12-22-19(26-18)14-7-5-4-6-8-14;1-3(2)7-4(5)6/h9-14H,4-8H2,1-3H3;3H,1-2H3,(H2,5,6).